The van der Waals surface area contributed by atoms with Crippen molar-refractivity contribution in [3.63, 3.8) is 0 Å². The van der Waals surface area contributed by atoms with E-state index in [0.29, 0.717) is 6.04 Å². The van der Waals surface area contributed by atoms with Crippen LogP contribution < -0.4 is 5.32 Å². The monoisotopic (exact) mass is 280 g/mol. The van der Waals surface area contributed by atoms with E-state index in [9.17, 15) is 0 Å². The Morgan fingerprint density at radius 2 is 2.00 bits per heavy atom. The van der Waals surface area contributed by atoms with E-state index < -0.39 is 0 Å². The molecule has 1 heterocycles. The second-order valence-corrected chi connectivity index (χ2v) is 6.14. The van der Waals surface area contributed by atoms with Crippen LogP contribution in [0.5, 0.6) is 0 Å². The Labute approximate surface area is 127 Å². The van der Waals surface area contributed by atoms with Crippen LogP contribution in [0.15, 0.2) is 48.5 Å². The largest absolute Gasteiger partial charge is 0.309 e. The van der Waals surface area contributed by atoms with Crippen molar-refractivity contribution in [3.8, 4) is 0 Å². The van der Waals surface area contributed by atoms with Crippen molar-refractivity contribution in [1.82, 2.24) is 10.2 Å². The molecule has 0 aliphatic carbocycles. The third-order valence-electron chi connectivity index (χ3n) is 4.24. The Bertz CT molecular complexity index is 606. The summed E-state index contributed by atoms with van der Waals surface area (Å²) in [5.74, 6) is 0. The lowest BCUT2D eigenvalue weighted by molar-refractivity contribution is 0.278. The van der Waals surface area contributed by atoms with Crippen LogP contribution in [-0.2, 0) is 13.0 Å². The number of aryl methyl sites for hydroxylation is 1. The Morgan fingerprint density at radius 1 is 1.14 bits per heavy atom. The molecule has 2 aromatic rings. The molecule has 0 amide bonds. The van der Waals surface area contributed by atoms with E-state index in [1.807, 2.05) is 0 Å². The van der Waals surface area contributed by atoms with E-state index in [2.05, 4.69) is 72.7 Å². The fourth-order valence-electron chi connectivity index (χ4n) is 3.25. The summed E-state index contributed by atoms with van der Waals surface area (Å²) in [4.78, 5) is 2.41. The molecule has 0 aromatic heterocycles. The van der Waals surface area contributed by atoms with Crippen LogP contribution in [0.1, 0.15) is 28.3 Å². The van der Waals surface area contributed by atoms with Crippen molar-refractivity contribution in [2.75, 3.05) is 20.1 Å². The maximum Gasteiger partial charge on any atom is 0.0452 e. The predicted molar refractivity (Wildman–Crippen MR) is 88.4 cm³/mol. The summed E-state index contributed by atoms with van der Waals surface area (Å²) in [5, 5.41) is 3.66. The summed E-state index contributed by atoms with van der Waals surface area (Å²) in [6.45, 7) is 5.29. The molecule has 0 spiro atoms. The van der Waals surface area contributed by atoms with Gasteiger partial charge in [0.1, 0.15) is 0 Å². The lowest BCUT2D eigenvalue weighted by Crippen LogP contribution is -2.37. The van der Waals surface area contributed by atoms with E-state index in [1.165, 1.54) is 22.3 Å². The summed E-state index contributed by atoms with van der Waals surface area (Å²) in [6.07, 6.45) is 1.15. The van der Waals surface area contributed by atoms with Gasteiger partial charge >= 0.3 is 0 Å². The maximum atomic E-state index is 3.66. The molecule has 1 unspecified atom stereocenters. The third-order valence-corrected chi connectivity index (χ3v) is 4.24. The molecule has 110 valence electrons. The fourth-order valence-corrected chi connectivity index (χ4v) is 3.25. The van der Waals surface area contributed by atoms with Crippen LogP contribution in [0.3, 0.4) is 0 Å². The molecule has 0 fully saturated rings. The number of nitrogens with one attached hydrogen (secondary N) is 1. The van der Waals surface area contributed by atoms with Gasteiger partial charge in [-0.2, -0.15) is 0 Å². The van der Waals surface area contributed by atoms with Gasteiger partial charge in [0, 0.05) is 19.1 Å². The quantitative estimate of drug-likeness (QED) is 0.924. The normalized spacial score (nSPS) is 17.8. The summed E-state index contributed by atoms with van der Waals surface area (Å²) in [7, 11) is 2.21. The number of benzene rings is 2. The van der Waals surface area contributed by atoms with Crippen molar-refractivity contribution >= 4 is 0 Å². The molecule has 1 aliphatic rings. The molecule has 1 N–H and O–H groups in total. The summed E-state index contributed by atoms with van der Waals surface area (Å²) < 4.78 is 0. The second kappa shape index (κ2) is 6.42. The van der Waals surface area contributed by atoms with Crippen LogP contribution in [0.4, 0.5) is 0 Å². The van der Waals surface area contributed by atoms with Gasteiger partial charge in [0.15, 0.2) is 0 Å². The number of hydrogen-bond donors (Lipinski definition) is 1. The molecule has 2 aromatic carbocycles. The number of rotatable bonds is 4. The lowest BCUT2D eigenvalue weighted by atomic mass is 9.94. The topological polar surface area (TPSA) is 15.3 Å². The lowest BCUT2D eigenvalue weighted by Gasteiger charge is -2.30. The van der Waals surface area contributed by atoms with Crippen molar-refractivity contribution in [2.24, 2.45) is 0 Å². The minimum atomic E-state index is 0.449. The molecule has 1 atom stereocenters. The third kappa shape index (κ3) is 3.52. The zero-order valence-electron chi connectivity index (χ0n) is 13.0. The van der Waals surface area contributed by atoms with Gasteiger partial charge in [0.2, 0.25) is 0 Å². The molecule has 1 aliphatic heterocycles. The number of hydrogen-bond acceptors (Lipinski definition) is 2. The molecule has 21 heavy (non-hydrogen) atoms. The molecular weight excluding hydrogens is 256 g/mol. The first-order valence-electron chi connectivity index (χ1n) is 7.77. The van der Waals surface area contributed by atoms with Crippen LogP contribution in [-0.4, -0.2) is 25.0 Å². The zero-order chi connectivity index (χ0) is 14.7. The van der Waals surface area contributed by atoms with Gasteiger partial charge in [-0.3, -0.25) is 0 Å². The Morgan fingerprint density at radius 3 is 2.86 bits per heavy atom. The van der Waals surface area contributed by atoms with Crippen LogP contribution in [0.2, 0.25) is 0 Å². The number of fused-ring (bicyclic) bond motifs is 1. The molecule has 2 nitrogen and oxygen atoms in total. The van der Waals surface area contributed by atoms with E-state index in [0.717, 1.165) is 26.1 Å². The summed E-state index contributed by atoms with van der Waals surface area (Å²) in [6, 6.07) is 18.1. The van der Waals surface area contributed by atoms with Crippen LogP contribution in [0, 0.1) is 6.92 Å². The van der Waals surface area contributed by atoms with Gasteiger partial charge in [0.25, 0.3) is 0 Å². The van der Waals surface area contributed by atoms with Gasteiger partial charge in [0.05, 0.1) is 0 Å². The van der Waals surface area contributed by atoms with Crippen molar-refractivity contribution in [2.45, 2.75) is 25.9 Å². The Hall–Kier alpha value is -1.64. The molecule has 3 rings (SSSR count). The standard InChI is InChI=1S/C19H24N2/c1-15-6-5-7-16(12-15)13-21(2)14-19-18-9-4-3-8-17(18)10-11-20-19/h3-9,12,19-20H,10-11,13-14H2,1-2H3. The molecule has 2 heteroatoms. The SMILES string of the molecule is Cc1cccc(CN(C)CC2NCCc3ccccc32)c1. The van der Waals surface area contributed by atoms with Gasteiger partial charge in [-0.25, -0.2) is 0 Å². The second-order valence-electron chi connectivity index (χ2n) is 6.14. The van der Waals surface area contributed by atoms with Crippen molar-refractivity contribution < 1.29 is 0 Å². The average molecular weight is 280 g/mol. The maximum absolute atomic E-state index is 3.66. The zero-order valence-corrected chi connectivity index (χ0v) is 13.0. The highest BCUT2D eigenvalue weighted by molar-refractivity contribution is 5.32. The molecule has 0 saturated heterocycles. The van der Waals surface area contributed by atoms with Crippen molar-refractivity contribution in [3.05, 3.63) is 70.8 Å². The van der Waals surface area contributed by atoms with E-state index in [-0.39, 0.29) is 0 Å². The summed E-state index contributed by atoms with van der Waals surface area (Å²) >= 11 is 0. The van der Waals surface area contributed by atoms with Crippen molar-refractivity contribution in [1.29, 1.82) is 0 Å². The smallest absolute Gasteiger partial charge is 0.0452 e. The highest BCUT2D eigenvalue weighted by atomic mass is 15.1. The van der Waals surface area contributed by atoms with Gasteiger partial charge in [-0.05, 0) is 43.6 Å². The number of nitrogens with zero attached hydrogens (tertiary/aromatic N) is 1. The van der Waals surface area contributed by atoms with Gasteiger partial charge < -0.3 is 10.2 Å². The first-order valence-corrected chi connectivity index (χ1v) is 7.77. The first kappa shape index (κ1) is 14.3. The minimum absolute atomic E-state index is 0.449. The Kier molecular flexibility index (Phi) is 4.37. The van der Waals surface area contributed by atoms with Crippen LogP contribution in [0.25, 0.3) is 0 Å². The fraction of sp³-hybridized carbons (Fsp3) is 0.368. The van der Waals surface area contributed by atoms with E-state index in [1.54, 1.807) is 0 Å². The highest BCUT2D eigenvalue weighted by Crippen LogP contribution is 2.23. The average Bonchev–Trinajstić information content (AvgIpc) is 2.47. The molecule has 0 saturated carbocycles. The molecule has 0 bridgehead atoms. The minimum Gasteiger partial charge on any atom is -0.309 e. The Balaban J connectivity index is 1.67. The van der Waals surface area contributed by atoms with Gasteiger partial charge in [-0.1, -0.05) is 54.1 Å². The molecular formula is C19H24N2. The van der Waals surface area contributed by atoms with E-state index >= 15 is 0 Å². The molecule has 0 radical (unpaired) electrons. The summed E-state index contributed by atoms with van der Waals surface area (Å²) in [5.41, 5.74) is 5.70. The van der Waals surface area contributed by atoms with Gasteiger partial charge in [-0.15, -0.1) is 0 Å². The van der Waals surface area contributed by atoms with E-state index in [4.69, 9.17) is 0 Å². The number of likely N-dealkylation sites (N-methyl/N-ethyl adjacent to an activating group) is 1. The van der Waals surface area contributed by atoms with Crippen LogP contribution >= 0.6 is 0 Å². The first-order chi connectivity index (χ1) is 10.2. The predicted octanol–water partition coefficient (Wildman–Crippen LogP) is 3.31. The highest BCUT2D eigenvalue weighted by Gasteiger charge is 2.20.